The Labute approximate surface area is 138 Å². The number of carbonyl (C=O) groups excluding carboxylic acids is 2. The number of carbonyl (C=O) groups is 2. The number of benzene rings is 1. The van der Waals surface area contributed by atoms with Gasteiger partial charge in [-0.15, -0.1) is 0 Å². The van der Waals surface area contributed by atoms with E-state index in [1.807, 2.05) is 0 Å². The zero-order chi connectivity index (χ0) is 16.1. The molecular formula is C16H20BrNO4. The Kier molecular flexibility index (Phi) is 5.83. The molecule has 120 valence electrons. The zero-order valence-electron chi connectivity index (χ0n) is 12.8. The molecule has 0 saturated carbocycles. The summed E-state index contributed by atoms with van der Waals surface area (Å²) in [4.78, 5) is 26.1. The zero-order valence-corrected chi connectivity index (χ0v) is 14.4. The Morgan fingerprint density at radius 1 is 1.32 bits per heavy atom. The van der Waals surface area contributed by atoms with E-state index in [9.17, 15) is 9.59 Å². The highest BCUT2D eigenvalue weighted by Gasteiger charge is 2.29. The monoisotopic (exact) mass is 369 g/mol. The smallest absolute Gasteiger partial charge is 0.309 e. The molecule has 2 rings (SSSR count). The highest BCUT2D eigenvalue weighted by Crippen LogP contribution is 2.26. The van der Waals surface area contributed by atoms with Crippen LogP contribution in [0, 0.1) is 5.92 Å². The molecule has 1 aliphatic heterocycles. The molecule has 0 spiro atoms. The SMILES string of the molecule is CCOC(=O)C1CCN(C(=O)c2cc(OC)ccc2Br)CC1. The van der Waals surface area contributed by atoms with Gasteiger partial charge in [-0.1, -0.05) is 0 Å². The topological polar surface area (TPSA) is 55.8 Å². The van der Waals surface area contributed by atoms with Crippen molar-refractivity contribution in [3.63, 3.8) is 0 Å². The molecule has 1 fully saturated rings. The second-order valence-electron chi connectivity index (χ2n) is 5.16. The van der Waals surface area contributed by atoms with Crippen molar-refractivity contribution in [3.05, 3.63) is 28.2 Å². The van der Waals surface area contributed by atoms with Crippen LogP contribution in [0.2, 0.25) is 0 Å². The van der Waals surface area contributed by atoms with E-state index < -0.39 is 0 Å². The predicted molar refractivity (Wildman–Crippen MR) is 86.0 cm³/mol. The van der Waals surface area contributed by atoms with Gasteiger partial charge in [-0.25, -0.2) is 0 Å². The summed E-state index contributed by atoms with van der Waals surface area (Å²) in [6.45, 7) is 3.32. The fourth-order valence-electron chi connectivity index (χ4n) is 2.54. The lowest BCUT2D eigenvalue weighted by Gasteiger charge is -2.31. The van der Waals surface area contributed by atoms with Gasteiger partial charge in [0.25, 0.3) is 5.91 Å². The van der Waals surface area contributed by atoms with Gasteiger partial charge in [-0.3, -0.25) is 9.59 Å². The first-order chi connectivity index (χ1) is 10.6. The van der Waals surface area contributed by atoms with Crippen molar-refractivity contribution in [3.8, 4) is 5.75 Å². The van der Waals surface area contributed by atoms with Crippen molar-refractivity contribution in [2.45, 2.75) is 19.8 Å². The van der Waals surface area contributed by atoms with E-state index in [2.05, 4.69) is 15.9 Å². The van der Waals surface area contributed by atoms with E-state index in [0.717, 1.165) is 4.47 Å². The lowest BCUT2D eigenvalue weighted by Crippen LogP contribution is -2.40. The Morgan fingerprint density at radius 2 is 2.00 bits per heavy atom. The van der Waals surface area contributed by atoms with Crippen LogP contribution in [-0.4, -0.2) is 43.6 Å². The van der Waals surface area contributed by atoms with Crippen molar-refractivity contribution in [2.24, 2.45) is 5.92 Å². The minimum absolute atomic E-state index is 0.0481. The Balaban J connectivity index is 2.02. The summed E-state index contributed by atoms with van der Waals surface area (Å²) in [5.74, 6) is 0.343. The third kappa shape index (κ3) is 3.80. The first kappa shape index (κ1) is 16.8. The van der Waals surface area contributed by atoms with Crippen molar-refractivity contribution in [2.75, 3.05) is 26.8 Å². The van der Waals surface area contributed by atoms with Crippen LogP contribution in [-0.2, 0) is 9.53 Å². The normalized spacial score (nSPS) is 15.5. The Bertz CT molecular complexity index is 553. The van der Waals surface area contributed by atoms with E-state index in [1.165, 1.54) is 0 Å². The summed E-state index contributed by atoms with van der Waals surface area (Å²) < 4.78 is 11.0. The number of hydrogen-bond acceptors (Lipinski definition) is 4. The number of likely N-dealkylation sites (tertiary alicyclic amines) is 1. The molecule has 0 atom stereocenters. The number of hydrogen-bond donors (Lipinski definition) is 0. The summed E-state index contributed by atoms with van der Waals surface area (Å²) in [5, 5.41) is 0. The molecule has 5 nitrogen and oxygen atoms in total. The van der Waals surface area contributed by atoms with E-state index >= 15 is 0 Å². The fraction of sp³-hybridized carbons (Fsp3) is 0.500. The van der Waals surface area contributed by atoms with Gasteiger partial charge in [0.15, 0.2) is 0 Å². The van der Waals surface area contributed by atoms with Crippen molar-refractivity contribution in [1.82, 2.24) is 4.90 Å². The summed E-state index contributed by atoms with van der Waals surface area (Å²) in [5.41, 5.74) is 0.578. The van der Waals surface area contributed by atoms with E-state index in [4.69, 9.17) is 9.47 Å². The van der Waals surface area contributed by atoms with Crippen LogP contribution >= 0.6 is 15.9 Å². The molecule has 1 saturated heterocycles. The predicted octanol–water partition coefficient (Wildman–Crippen LogP) is 2.87. The maximum Gasteiger partial charge on any atom is 0.309 e. The van der Waals surface area contributed by atoms with Gasteiger partial charge in [0.05, 0.1) is 25.2 Å². The lowest BCUT2D eigenvalue weighted by atomic mass is 9.96. The number of nitrogens with zero attached hydrogens (tertiary/aromatic N) is 1. The van der Waals surface area contributed by atoms with Crippen LogP contribution < -0.4 is 4.74 Å². The molecule has 1 aliphatic rings. The maximum atomic E-state index is 12.6. The minimum Gasteiger partial charge on any atom is -0.497 e. The number of halogens is 1. The number of methoxy groups -OCH3 is 1. The molecule has 0 N–H and O–H groups in total. The third-order valence-electron chi connectivity index (χ3n) is 3.81. The van der Waals surface area contributed by atoms with Crippen LogP contribution in [0.5, 0.6) is 5.75 Å². The summed E-state index contributed by atoms with van der Waals surface area (Å²) in [6.07, 6.45) is 1.29. The first-order valence-corrected chi connectivity index (χ1v) is 8.15. The quantitative estimate of drug-likeness (QED) is 0.765. The lowest BCUT2D eigenvalue weighted by molar-refractivity contribution is -0.149. The van der Waals surface area contributed by atoms with Crippen LogP contribution in [0.25, 0.3) is 0 Å². The van der Waals surface area contributed by atoms with Gasteiger partial charge >= 0.3 is 5.97 Å². The van der Waals surface area contributed by atoms with Crippen molar-refractivity contribution in [1.29, 1.82) is 0 Å². The fourth-order valence-corrected chi connectivity index (χ4v) is 2.96. The number of amides is 1. The van der Waals surface area contributed by atoms with Crippen LogP contribution in [0.3, 0.4) is 0 Å². The molecule has 0 radical (unpaired) electrons. The number of ether oxygens (including phenoxy) is 2. The molecule has 1 aromatic carbocycles. The first-order valence-electron chi connectivity index (χ1n) is 7.36. The second kappa shape index (κ2) is 7.63. The van der Waals surface area contributed by atoms with Crippen molar-refractivity contribution < 1.29 is 19.1 Å². The van der Waals surface area contributed by atoms with Crippen molar-refractivity contribution >= 4 is 27.8 Å². The van der Waals surface area contributed by atoms with Gasteiger partial charge in [0.1, 0.15) is 5.75 Å². The summed E-state index contributed by atoms with van der Waals surface area (Å²) in [7, 11) is 1.57. The molecule has 6 heteroatoms. The third-order valence-corrected chi connectivity index (χ3v) is 4.50. The van der Waals surface area contributed by atoms with Crippen LogP contribution in [0.4, 0.5) is 0 Å². The molecule has 0 aliphatic carbocycles. The molecule has 0 unspecified atom stereocenters. The average Bonchev–Trinajstić information content (AvgIpc) is 2.55. The number of rotatable bonds is 4. The van der Waals surface area contributed by atoms with E-state index in [0.29, 0.717) is 43.9 Å². The molecule has 0 aromatic heterocycles. The molecule has 1 heterocycles. The van der Waals surface area contributed by atoms with Gasteiger partial charge < -0.3 is 14.4 Å². The highest BCUT2D eigenvalue weighted by atomic mass is 79.9. The van der Waals surface area contributed by atoms with Gasteiger partial charge in [-0.05, 0) is 53.9 Å². The number of esters is 1. The van der Waals surface area contributed by atoms with Gasteiger partial charge in [-0.2, -0.15) is 0 Å². The standard InChI is InChI=1S/C16H20BrNO4/c1-3-22-16(20)11-6-8-18(9-7-11)15(19)13-10-12(21-2)4-5-14(13)17/h4-5,10-11H,3,6-9H2,1-2H3. The maximum absolute atomic E-state index is 12.6. The second-order valence-corrected chi connectivity index (χ2v) is 6.02. The molecule has 1 amide bonds. The minimum atomic E-state index is -0.155. The summed E-state index contributed by atoms with van der Waals surface area (Å²) in [6, 6.07) is 5.33. The molecular weight excluding hydrogens is 350 g/mol. The average molecular weight is 370 g/mol. The number of piperidine rings is 1. The molecule has 22 heavy (non-hydrogen) atoms. The highest BCUT2D eigenvalue weighted by molar-refractivity contribution is 9.10. The van der Waals surface area contributed by atoms with Crippen LogP contribution in [0.15, 0.2) is 22.7 Å². The molecule has 0 bridgehead atoms. The Morgan fingerprint density at radius 3 is 2.59 bits per heavy atom. The molecule has 1 aromatic rings. The largest absolute Gasteiger partial charge is 0.497 e. The summed E-state index contributed by atoms with van der Waals surface area (Å²) >= 11 is 3.41. The Hall–Kier alpha value is -1.56. The van der Waals surface area contributed by atoms with E-state index in [1.54, 1.807) is 37.1 Å². The van der Waals surface area contributed by atoms with E-state index in [-0.39, 0.29) is 17.8 Å². The van der Waals surface area contributed by atoms with Crippen LogP contribution in [0.1, 0.15) is 30.1 Å². The van der Waals surface area contributed by atoms with Gasteiger partial charge in [0, 0.05) is 17.6 Å². The van der Waals surface area contributed by atoms with Gasteiger partial charge in [0.2, 0.25) is 0 Å².